The third-order valence-corrected chi connectivity index (χ3v) is 0. The normalized spacial score (nSPS) is 1.33. The Balaban J connectivity index is -0.00000000667. The first kappa shape index (κ1) is 26.2. The molecule has 0 heterocycles. The van der Waals surface area contributed by atoms with Crippen LogP contribution in [0.1, 0.15) is 0 Å². The molecule has 0 saturated carbocycles. The predicted octanol–water partition coefficient (Wildman–Crippen LogP) is -5.58. The van der Waals surface area contributed by atoms with E-state index in [1.165, 1.54) is 5.87 Å². The molecule has 6 heavy (non-hydrogen) atoms. The fourth-order valence-corrected chi connectivity index (χ4v) is 0. The van der Waals surface area contributed by atoms with E-state index in [1.54, 1.807) is 0 Å². The molecule has 33 valence electrons. The standard InChI is InChI=1S/C2H2N.Ce.2ClH/c1-2-3;;;/h1H2;;2*1H/q-1;+3;;/p-2. The SMILES string of the molecule is C=C=[N-].[Ce+3].[Cl-].[Cl-]. The summed E-state index contributed by atoms with van der Waals surface area (Å²) in [7, 11) is 0. The van der Waals surface area contributed by atoms with Gasteiger partial charge in [-0.2, -0.15) is 0 Å². The Labute approximate surface area is 83.3 Å². The van der Waals surface area contributed by atoms with Crippen molar-refractivity contribution in [2.45, 2.75) is 0 Å². The van der Waals surface area contributed by atoms with Crippen molar-refractivity contribution in [3.63, 3.8) is 0 Å². The fourth-order valence-electron chi connectivity index (χ4n) is 0. The van der Waals surface area contributed by atoms with Crippen molar-refractivity contribution < 1.29 is 66.6 Å². The fraction of sp³-hybridized carbons (Fsp3) is 0. The van der Waals surface area contributed by atoms with Gasteiger partial charge in [0.25, 0.3) is 0 Å². The van der Waals surface area contributed by atoms with E-state index in [4.69, 9.17) is 5.41 Å². The first-order valence-corrected chi connectivity index (χ1v) is 0.577. The maximum Gasteiger partial charge on any atom is 3.00 e. The van der Waals surface area contributed by atoms with Gasteiger partial charge < -0.3 is 30.2 Å². The predicted molar refractivity (Wildman–Crippen MR) is 14.0 cm³/mol. The molecule has 1 radical (unpaired) electrons. The van der Waals surface area contributed by atoms with Crippen LogP contribution in [0.2, 0.25) is 0 Å². The maximum atomic E-state index is 7.21. The van der Waals surface area contributed by atoms with E-state index in [0.717, 1.165) is 0 Å². The molecular formula is C2H2CeCl2N. The van der Waals surface area contributed by atoms with E-state index in [2.05, 4.69) is 6.58 Å². The first-order valence-electron chi connectivity index (χ1n) is 0.577. The molecule has 0 aliphatic rings. The zero-order valence-corrected chi connectivity index (χ0v) is 7.56. The molecule has 1 nitrogen and oxygen atoms in total. The Morgan fingerprint density at radius 3 is 1.33 bits per heavy atom. The van der Waals surface area contributed by atoms with Crippen LogP contribution in [0.5, 0.6) is 0 Å². The Morgan fingerprint density at radius 1 is 1.33 bits per heavy atom. The Hall–Kier alpha value is 1.41. The molecule has 0 saturated heterocycles. The van der Waals surface area contributed by atoms with Gasteiger partial charge in [-0.25, -0.2) is 0 Å². The number of halogens is 2. The molecule has 0 aliphatic heterocycles. The molecule has 0 aliphatic carbocycles. The molecule has 0 aromatic carbocycles. The van der Waals surface area contributed by atoms with Crippen LogP contribution in [0.4, 0.5) is 0 Å². The smallest absolute Gasteiger partial charge is 1.00 e. The van der Waals surface area contributed by atoms with Gasteiger partial charge in [-0.15, -0.1) is 0 Å². The van der Waals surface area contributed by atoms with Crippen LogP contribution < -0.4 is 24.8 Å². The second-order valence-corrected chi connectivity index (χ2v) is 0.158. The van der Waals surface area contributed by atoms with Crippen LogP contribution in [0.25, 0.3) is 5.41 Å². The molecule has 0 atom stereocenters. The molecule has 0 bridgehead atoms. The topological polar surface area (TPSA) is 22.3 Å². The zero-order chi connectivity index (χ0) is 2.71. The molecule has 0 aromatic heterocycles. The second kappa shape index (κ2) is 32.3. The van der Waals surface area contributed by atoms with Crippen LogP contribution in [0.3, 0.4) is 0 Å². The van der Waals surface area contributed by atoms with Crippen LogP contribution in [0.15, 0.2) is 6.58 Å². The van der Waals surface area contributed by atoms with Crippen LogP contribution >= 0.6 is 0 Å². The number of hydrogen-bond acceptors (Lipinski definition) is 0. The van der Waals surface area contributed by atoms with Gasteiger partial charge in [-0.1, -0.05) is 6.58 Å². The van der Waals surface area contributed by atoms with Crippen molar-refractivity contribution >= 4 is 5.87 Å². The van der Waals surface area contributed by atoms with E-state index >= 15 is 0 Å². The quantitative estimate of drug-likeness (QED) is 0.383. The molecule has 0 aromatic rings. The van der Waals surface area contributed by atoms with E-state index in [9.17, 15) is 0 Å². The van der Waals surface area contributed by atoms with Crippen molar-refractivity contribution in [3.8, 4) is 0 Å². The summed E-state index contributed by atoms with van der Waals surface area (Å²) in [6.07, 6.45) is 0. The van der Waals surface area contributed by atoms with E-state index in [0.29, 0.717) is 0 Å². The number of rotatable bonds is 0. The van der Waals surface area contributed by atoms with E-state index in [1.807, 2.05) is 0 Å². The van der Waals surface area contributed by atoms with Crippen molar-refractivity contribution in [1.82, 2.24) is 0 Å². The Kier molecular flexibility index (Phi) is 141. The van der Waals surface area contributed by atoms with Crippen molar-refractivity contribution in [2.24, 2.45) is 0 Å². The molecule has 4 heteroatoms. The van der Waals surface area contributed by atoms with Crippen molar-refractivity contribution in [2.75, 3.05) is 0 Å². The summed E-state index contributed by atoms with van der Waals surface area (Å²) >= 11 is 0. The number of nitrogens with zero attached hydrogens (tertiary/aromatic N) is 1. The van der Waals surface area contributed by atoms with Gasteiger partial charge in [0.15, 0.2) is 0 Å². The van der Waals surface area contributed by atoms with Gasteiger partial charge in [0.1, 0.15) is 0 Å². The summed E-state index contributed by atoms with van der Waals surface area (Å²) in [5.74, 6) is 1.50. The minimum atomic E-state index is 0. The average molecular weight is 251 g/mol. The first-order chi connectivity index (χ1) is 1.41. The molecule has 0 amide bonds. The van der Waals surface area contributed by atoms with Gasteiger partial charge in [0, 0.05) is 0 Å². The molecular weight excluding hydrogens is 249 g/mol. The largest absolute Gasteiger partial charge is 3.00 e. The summed E-state index contributed by atoms with van der Waals surface area (Å²) in [6.45, 7) is 2.79. The minimum absolute atomic E-state index is 0. The third kappa shape index (κ3) is 53.1. The van der Waals surface area contributed by atoms with Gasteiger partial charge in [-0.05, 0) is 0 Å². The summed E-state index contributed by atoms with van der Waals surface area (Å²) in [6, 6.07) is 0. The van der Waals surface area contributed by atoms with Crippen LogP contribution in [-0.2, 0) is 0 Å². The third-order valence-electron chi connectivity index (χ3n) is 0. The minimum Gasteiger partial charge on any atom is -1.00 e. The van der Waals surface area contributed by atoms with Crippen LogP contribution in [0, 0.1) is 41.7 Å². The molecule has 0 unspecified atom stereocenters. The monoisotopic (exact) mass is 250 g/mol. The number of hydrogen-bond donors (Lipinski definition) is 0. The molecule has 0 spiro atoms. The van der Waals surface area contributed by atoms with Crippen molar-refractivity contribution in [1.29, 1.82) is 0 Å². The Morgan fingerprint density at radius 2 is 1.33 bits per heavy atom. The van der Waals surface area contributed by atoms with Crippen molar-refractivity contribution in [3.05, 3.63) is 12.0 Å². The molecule has 0 fully saturated rings. The van der Waals surface area contributed by atoms with Crippen LogP contribution in [-0.4, -0.2) is 5.87 Å². The van der Waals surface area contributed by atoms with Gasteiger partial charge >= 0.3 is 41.7 Å². The summed E-state index contributed by atoms with van der Waals surface area (Å²) in [5.41, 5.74) is 0. The Bertz CT molecular complexity index is 32.5. The average Bonchev–Trinajstić information content (AvgIpc) is 0.918. The van der Waals surface area contributed by atoms with E-state index < -0.39 is 0 Å². The molecule has 0 N–H and O–H groups in total. The summed E-state index contributed by atoms with van der Waals surface area (Å²) < 4.78 is 0. The van der Waals surface area contributed by atoms with Gasteiger partial charge in [0.2, 0.25) is 0 Å². The molecule has 0 rings (SSSR count). The second-order valence-electron chi connectivity index (χ2n) is 0.158. The maximum absolute atomic E-state index is 7.21. The van der Waals surface area contributed by atoms with Gasteiger partial charge in [-0.3, -0.25) is 5.87 Å². The summed E-state index contributed by atoms with van der Waals surface area (Å²) in [5, 5.41) is 7.21. The zero-order valence-electron chi connectivity index (χ0n) is 2.91. The van der Waals surface area contributed by atoms with E-state index in [-0.39, 0.29) is 66.6 Å². The van der Waals surface area contributed by atoms with Gasteiger partial charge in [0.05, 0.1) is 0 Å². The summed E-state index contributed by atoms with van der Waals surface area (Å²) in [4.78, 5) is 0.